The molecule has 3 rings (SSSR count). The van der Waals surface area contributed by atoms with Crippen molar-refractivity contribution >= 4 is 9.84 Å². The molecule has 1 heterocycles. The second-order valence-corrected chi connectivity index (χ2v) is 7.23. The molecule has 2 aromatic carbocycles. The molecular formula is C17H14FNO3S. The van der Waals surface area contributed by atoms with Crippen molar-refractivity contribution in [2.45, 2.75) is 11.5 Å². The van der Waals surface area contributed by atoms with E-state index in [9.17, 15) is 12.8 Å². The lowest BCUT2D eigenvalue weighted by molar-refractivity contribution is 0.571. The lowest BCUT2D eigenvalue weighted by atomic mass is 10.2. The molecule has 0 unspecified atom stereocenters. The number of sulfone groups is 1. The average molecular weight is 331 g/mol. The summed E-state index contributed by atoms with van der Waals surface area (Å²) in [4.78, 5) is 4.17. The van der Waals surface area contributed by atoms with Crippen molar-refractivity contribution in [2.24, 2.45) is 0 Å². The van der Waals surface area contributed by atoms with Crippen molar-refractivity contribution in [1.82, 2.24) is 4.98 Å². The lowest BCUT2D eigenvalue weighted by Gasteiger charge is -2.02. The quantitative estimate of drug-likeness (QED) is 0.717. The second-order valence-electron chi connectivity index (χ2n) is 5.17. The molecule has 0 radical (unpaired) electrons. The number of halogens is 1. The van der Waals surface area contributed by atoms with Gasteiger partial charge < -0.3 is 4.42 Å². The first-order chi connectivity index (χ1) is 11.0. The van der Waals surface area contributed by atoms with Crippen molar-refractivity contribution in [3.63, 3.8) is 0 Å². The number of hydrogen-bond acceptors (Lipinski definition) is 4. The monoisotopic (exact) mass is 331 g/mol. The van der Waals surface area contributed by atoms with Gasteiger partial charge in [-0.05, 0) is 29.8 Å². The van der Waals surface area contributed by atoms with E-state index in [-0.39, 0.29) is 23.2 Å². The van der Waals surface area contributed by atoms with E-state index in [1.165, 1.54) is 30.5 Å². The van der Waals surface area contributed by atoms with Crippen LogP contribution in [0, 0.1) is 5.82 Å². The van der Waals surface area contributed by atoms with Crippen molar-refractivity contribution in [1.29, 1.82) is 0 Å². The minimum atomic E-state index is -3.35. The molecule has 4 nitrogen and oxygen atoms in total. The molecule has 0 N–H and O–H groups in total. The van der Waals surface area contributed by atoms with Gasteiger partial charge in [0.15, 0.2) is 9.84 Å². The van der Waals surface area contributed by atoms with Gasteiger partial charge in [0, 0.05) is 5.56 Å². The van der Waals surface area contributed by atoms with Gasteiger partial charge in [-0.15, -0.1) is 0 Å². The topological polar surface area (TPSA) is 60.2 Å². The molecule has 3 aromatic rings. The predicted octanol–water partition coefficient (Wildman–Crippen LogP) is 3.60. The molecule has 0 fully saturated rings. The molecule has 118 valence electrons. The standard InChI is InChI=1S/C17H14FNO3S/c18-15-8-6-14(7-9-15)17-19-16(10-22-17)12-23(20,21)11-13-4-2-1-3-5-13/h1-10H,11-12H2. The van der Waals surface area contributed by atoms with Gasteiger partial charge in [0.25, 0.3) is 0 Å². The Morgan fingerprint density at radius 2 is 1.65 bits per heavy atom. The first-order valence-electron chi connectivity index (χ1n) is 6.96. The van der Waals surface area contributed by atoms with E-state index >= 15 is 0 Å². The van der Waals surface area contributed by atoms with Gasteiger partial charge in [-0.3, -0.25) is 0 Å². The highest BCUT2D eigenvalue weighted by Crippen LogP contribution is 2.20. The molecule has 0 atom stereocenters. The third kappa shape index (κ3) is 4.04. The molecule has 23 heavy (non-hydrogen) atoms. The molecule has 6 heteroatoms. The normalized spacial score (nSPS) is 11.5. The van der Waals surface area contributed by atoms with Gasteiger partial charge in [0.2, 0.25) is 5.89 Å². The van der Waals surface area contributed by atoms with Crippen LogP contribution in [0.5, 0.6) is 0 Å². The smallest absolute Gasteiger partial charge is 0.226 e. The second kappa shape index (κ2) is 6.34. The molecule has 0 saturated heterocycles. The summed E-state index contributed by atoms with van der Waals surface area (Å²) in [7, 11) is -3.35. The summed E-state index contributed by atoms with van der Waals surface area (Å²) in [5.41, 5.74) is 1.66. The zero-order valence-corrected chi connectivity index (χ0v) is 13.0. The fourth-order valence-corrected chi connectivity index (χ4v) is 3.59. The minimum absolute atomic E-state index is 0.0490. The number of benzene rings is 2. The molecular weight excluding hydrogens is 317 g/mol. The van der Waals surface area contributed by atoms with Crippen LogP contribution in [-0.4, -0.2) is 13.4 Å². The molecule has 0 amide bonds. The molecule has 0 aliphatic carbocycles. The number of aromatic nitrogens is 1. The van der Waals surface area contributed by atoms with E-state index in [1.807, 2.05) is 6.07 Å². The van der Waals surface area contributed by atoms with Gasteiger partial charge in [0.05, 0.1) is 17.2 Å². The van der Waals surface area contributed by atoms with Crippen LogP contribution in [-0.2, 0) is 21.3 Å². The van der Waals surface area contributed by atoms with Crippen molar-refractivity contribution in [3.05, 3.63) is 77.9 Å². The van der Waals surface area contributed by atoms with Crippen LogP contribution in [0.2, 0.25) is 0 Å². The Kier molecular flexibility index (Phi) is 4.25. The third-order valence-corrected chi connectivity index (χ3v) is 4.75. The van der Waals surface area contributed by atoms with E-state index in [0.717, 1.165) is 5.56 Å². The number of rotatable bonds is 5. The summed E-state index contributed by atoms with van der Waals surface area (Å²) in [6.07, 6.45) is 1.32. The summed E-state index contributed by atoms with van der Waals surface area (Å²) in [5, 5.41) is 0. The van der Waals surface area contributed by atoms with E-state index in [0.29, 0.717) is 11.3 Å². The van der Waals surface area contributed by atoms with Gasteiger partial charge in [-0.1, -0.05) is 30.3 Å². The van der Waals surface area contributed by atoms with E-state index in [2.05, 4.69) is 4.98 Å². The zero-order chi connectivity index (χ0) is 16.3. The Balaban J connectivity index is 1.74. The van der Waals surface area contributed by atoms with Crippen LogP contribution in [0.25, 0.3) is 11.5 Å². The number of nitrogens with zero attached hydrogens (tertiary/aromatic N) is 1. The Morgan fingerprint density at radius 1 is 0.957 bits per heavy atom. The summed E-state index contributed by atoms with van der Waals surface area (Å²) in [6.45, 7) is 0. The molecule has 0 aliphatic heterocycles. The maximum absolute atomic E-state index is 12.9. The Labute approximate surface area is 133 Å². The van der Waals surface area contributed by atoms with E-state index in [4.69, 9.17) is 4.42 Å². The number of oxazole rings is 1. The number of hydrogen-bond donors (Lipinski definition) is 0. The van der Waals surface area contributed by atoms with E-state index in [1.54, 1.807) is 24.3 Å². The Hall–Kier alpha value is -2.47. The van der Waals surface area contributed by atoms with Crippen molar-refractivity contribution < 1.29 is 17.2 Å². The van der Waals surface area contributed by atoms with Crippen LogP contribution < -0.4 is 0 Å². The zero-order valence-electron chi connectivity index (χ0n) is 12.1. The lowest BCUT2D eigenvalue weighted by Crippen LogP contribution is -2.07. The summed E-state index contributed by atoms with van der Waals surface area (Å²) >= 11 is 0. The van der Waals surface area contributed by atoms with Crippen LogP contribution in [0.4, 0.5) is 4.39 Å². The van der Waals surface area contributed by atoms with Gasteiger partial charge in [-0.25, -0.2) is 17.8 Å². The third-order valence-electron chi connectivity index (χ3n) is 3.24. The highest BCUT2D eigenvalue weighted by atomic mass is 32.2. The maximum atomic E-state index is 12.9. The Morgan fingerprint density at radius 3 is 2.35 bits per heavy atom. The molecule has 0 saturated carbocycles. The summed E-state index contributed by atoms with van der Waals surface area (Å²) < 4.78 is 42.7. The minimum Gasteiger partial charge on any atom is -0.444 e. The molecule has 1 aromatic heterocycles. The van der Waals surface area contributed by atoms with Gasteiger partial charge in [0.1, 0.15) is 12.1 Å². The average Bonchev–Trinajstić information content (AvgIpc) is 2.96. The fraction of sp³-hybridized carbons (Fsp3) is 0.118. The highest BCUT2D eigenvalue weighted by molar-refractivity contribution is 7.89. The van der Waals surface area contributed by atoms with Crippen LogP contribution >= 0.6 is 0 Å². The first kappa shape index (κ1) is 15.4. The fourth-order valence-electron chi connectivity index (χ4n) is 2.20. The van der Waals surface area contributed by atoms with Gasteiger partial charge in [-0.2, -0.15) is 0 Å². The SMILES string of the molecule is O=S(=O)(Cc1ccccc1)Cc1coc(-c2ccc(F)cc2)n1. The molecule has 0 bridgehead atoms. The van der Waals surface area contributed by atoms with Crippen LogP contribution in [0.3, 0.4) is 0 Å². The Bertz CT molecular complexity index is 887. The maximum Gasteiger partial charge on any atom is 0.226 e. The van der Waals surface area contributed by atoms with Crippen molar-refractivity contribution in [2.75, 3.05) is 0 Å². The predicted molar refractivity (Wildman–Crippen MR) is 84.7 cm³/mol. The summed E-state index contributed by atoms with van der Waals surface area (Å²) in [6, 6.07) is 14.6. The van der Waals surface area contributed by atoms with Gasteiger partial charge >= 0.3 is 0 Å². The van der Waals surface area contributed by atoms with E-state index < -0.39 is 9.84 Å². The summed E-state index contributed by atoms with van der Waals surface area (Å²) in [5.74, 6) is -0.333. The van der Waals surface area contributed by atoms with Crippen LogP contribution in [0.15, 0.2) is 65.3 Å². The highest BCUT2D eigenvalue weighted by Gasteiger charge is 2.16. The first-order valence-corrected chi connectivity index (χ1v) is 8.79. The molecule has 0 aliphatic rings. The van der Waals surface area contributed by atoms with Crippen molar-refractivity contribution in [3.8, 4) is 11.5 Å². The molecule has 0 spiro atoms. The largest absolute Gasteiger partial charge is 0.444 e. The van der Waals surface area contributed by atoms with Crippen LogP contribution in [0.1, 0.15) is 11.3 Å².